The summed E-state index contributed by atoms with van der Waals surface area (Å²) in [6, 6.07) is 14.5. The molecule has 156 valence electrons. The molecule has 1 aliphatic heterocycles. The van der Waals surface area contributed by atoms with Crippen LogP contribution in [0.3, 0.4) is 0 Å². The van der Waals surface area contributed by atoms with Gasteiger partial charge in [0.15, 0.2) is 6.10 Å². The monoisotopic (exact) mass is 417 g/mol. The van der Waals surface area contributed by atoms with Crippen LogP contribution in [0.1, 0.15) is 36.7 Å². The van der Waals surface area contributed by atoms with Crippen LogP contribution in [0.5, 0.6) is 5.75 Å². The molecule has 4 N–H and O–H groups in total. The second-order valence-electron chi connectivity index (χ2n) is 7.72. The summed E-state index contributed by atoms with van der Waals surface area (Å²) < 4.78 is 5.72. The summed E-state index contributed by atoms with van der Waals surface area (Å²) in [4.78, 5) is 25.2. The van der Waals surface area contributed by atoms with Crippen molar-refractivity contribution < 1.29 is 14.3 Å². The number of carbonyl (C=O) groups excluding carboxylic acids is 2. The van der Waals surface area contributed by atoms with Crippen LogP contribution in [-0.2, 0) is 11.2 Å². The third kappa shape index (κ3) is 5.08. The first kappa shape index (κ1) is 22.7. The number of anilines is 1. The average molecular weight is 418 g/mol. The van der Waals surface area contributed by atoms with Gasteiger partial charge in [0.2, 0.25) is 0 Å². The van der Waals surface area contributed by atoms with Gasteiger partial charge in [0.1, 0.15) is 5.75 Å². The van der Waals surface area contributed by atoms with Crippen LogP contribution in [0.4, 0.5) is 5.69 Å². The van der Waals surface area contributed by atoms with E-state index in [9.17, 15) is 9.59 Å². The van der Waals surface area contributed by atoms with Crippen molar-refractivity contribution in [1.29, 1.82) is 0 Å². The van der Waals surface area contributed by atoms with Gasteiger partial charge in [0, 0.05) is 24.2 Å². The van der Waals surface area contributed by atoms with Crippen LogP contribution in [0.2, 0.25) is 0 Å². The van der Waals surface area contributed by atoms with E-state index in [1.807, 2.05) is 45.0 Å². The molecule has 1 heterocycles. The molecule has 0 saturated heterocycles. The molecule has 29 heavy (non-hydrogen) atoms. The highest BCUT2D eigenvalue weighted by Gasteiger charge is 2.30. The number of amides is 2. The quantitative estimate of drug-likeness (QED) is 0.673. The molecule has 2 unspecified atom stereocenters. The number of hydrogen-bond acceptors (Lipinski definition) is 4. The maximum Gasteiger partial charge on any atom is 0.265 e. The van der Waals surface area contributed by atoms with Crippen LogP contribution < -0.4 is 21.1 Å². The van der Waals surface area contributed by atoms with Crippen LogP contribution in [0, 0.1) is 5.92 Å². The number of carbonyl (C=O) groups is 2. The van der Waals surface area contributed by atoms with E-state index >= 15 is 0 Å². The van der Waals surface area contributed by atoms with Gasteiger partial charge in [-0.2, -0.15) is 0 Å². The predicted molar refractivity (Wildman–Crippen MR) is 117 cm³/mol. The van der Waals surface area contributed by atoms with E-state index < -0.39 is 11.6 Å². The second-order valence-corrected chi connectivity index (χ2v) is 7.72. The smallest absolute Gasteiger partial charge is 0.265 e. The van der Waals surface area contributed by atoms with Crippen molar-refractivity contribution in [3.8, 4) is 5.75 Å². The molecule has 7 heteroatoms. The van der Waals surface area contributed by atoms with E-state index in [-0.39, 0.29) is 30.1 Å². The lowest BCUT2D eigenvalue weighted by Crippen LogP contribution is -2.55. The lowest BCUT2D eigenvalue weighted by molar-refractivity contribution is -0.122. The van der Waals surface area contributed by atoms with E-state index in [0.29, 0.717) is 24.2 Å². The van der Waals surface area contributed by atoms with Gasteiger partial charge in [-0.05, 0) is 42.7 Å². The Balaban J connectivity index is 0.00000300. The van der Waals surface area contributed by atoms with E-state index in [4.69, 9.17) is 10.5 Å². The van der Waals surface area contributed by atoms with Crippen molar-refractivity contribution in [3.05, 3.63) is 59.7 Å². The molecule has 2 atom stereocenters. The Morgan fingerprint density at radius 1 is 1.21 bits per heavy atom. The lowest BCUT2D eigenvalue weighted by atomic mass is 9.88. The van der Waals surface area contributed by atoms with Crippen LogP contribution >= 0.6 is 12.4 Å². The molecular weight excluding hydrogens is 390 g/mol. The molecule has 0 saturated carbocycles. The molecule has 0 radical (unpaired) electrons. The van der Waals surface area contributed by atoms with Gasteiger partial charge in [0.25, 0.3) is 11.8 Å². The van der Waals surface area contributed by atoms with E-state index in [2.05, 4.69) is 10.6 Å². The van der Waals surface area contributed by atoms with Gasteiger partial charge < -0.3 is 21.1 Å². The van der Waals surface area contributed by atoms with Crippen LogP contribution in [0.25, 0.3) is 0 Å². The van der Waals surface area contributed by atoms with Gasteiger partial charge in [-0.3, -0.25) is 9.59 Å². The minimum Gasteiger partial charge on any atom is -0.480 e. The molecule has 2 aromatic carbocycles. The van der Waals surface area contributed by atoms with Crippen LogP contribution in [0.15, 0.2) is 48.5 Å². The largest absolute Gasteiger partial charge is 0.480 e. The van der Waals surface area contributed by atoms with Crippen molar-refractivity contribution >= 4 is 29.9 Å². The summed E-state index contributed by atoms with van der Waals surface area (Å²) in [5, 5.41) is 5.85. The maximum atomic E-state index is 12.7. The van der Waals surface area contributed by atoms with Crippen LogP contribution in [-0.4, -0.2) is 30.0 Å². The Hall–Kier alpha value is -2.57. The number of nitrogens with two attached hydrogens (primary N) is 1. The second kappa shape index (κ2) is 9.29. The summed E-state index contributed by atoms with van der Waals surface area (Å²) in [7, 11) is 0. The molecule has 0 fully saturated rings. The minimum atomic E-state index is -0.573. The Bertz CT molecular complexity index is 862. The average Bonchev–Trinajstić information content (AvgIpc) is 3.12. The van der Waals surface area contributed by atoms with Crippen molar-refractivity contribution in [2.75, 3.05) is 11.9 Å². The zero-order valence-electron chi connectivity index (χ0n) is 16.9. The number of para-hydroxylation sites is 1. The van der Waals surface area contributed by atoms with Gasteiger partial charge >= 0.3 is 0 Å². The summed E-state index contributed by atoms with van der Waals surface area (Å²) in [5.74, 6) is 0.473. The van der Waals surface area contributed by atoms with Gasteiger partial charge in [-0.25, -0.2) is 0 Å². The highest BCUT2D eigenvalue weighted by molar-refractivity contribution is 5.99. The maximum absolute atomic E-state index is 12.7. The standard InChI is InChI=1S/C22H27N3O3.ClH/c1-14(2)22(3,13-23)25-20(26)16-8-6-9-17(11-16)24-21(27)19-12-15-7-4-5-10-18(15)28-19;/h4-11,14,19H,12-13,23H2,1-3H3,(H,24,27)(H,25,26);1H. The van der Waals surface area contributed by atoms with Crippen molar-refractivity contribution in [2.45, 2.75) is 38.8 Å². The number of halogens is 1. The molecule has 0 spiro atoms. The number of nitrogens with one attached hydrogen (secondary N) is 2. The van der Waals surface area contributed by atoms with E-state index in [0.717, 1.165) is 11.3 Å². The fourth-order valence-corrected chi connectivity index (χ4v) is 3.05. The molecule has 6 nitrogen and oxygen atoms in total. The molecular formula is C22H28ClN3O3. The number of benzene rings is 2. The fourth-order valence-electron chi connectivity index (χ4n) is 3.05. The molecule has 0 bridgehead atoms. The van der Waals surface area contributed by atoms with Gasteiger partial charge in [0.05, 0.1) is 5.54 Å². The molecule has 0 aromatic heterocycles. The molecule has 0 aliphatic carbocycles. The summed E-state index contributed by atoms with van der Waals surface area (Å²) in [6.45, 7) is 6.30. The van der Waals surface area contributed by atoms with Gasteiger partial charge in [-0.1, -0.05) is 38.1 Å². The Morgan fingerprint density at radius 2 is 1.93 bits per heavy atom. The fraction of sp³-hybridized carbons (Fsp3) is 0.364. The first-order valence-corrected chi connectivity index (χ1v) is 9.50. The summed E-state index contributed by atoms with van der Waals surface area (Å²) >= 11 is 0. The van der Waals surface area contributed by atoms with E-state index in [1.54, 1.807) is 24.3 Å². The number of hydrogen-bond donors (Lipinski definition) is 3. The van der Waals surface area contributed by atoms with Gasteiger partial charge in [-0.15, -0.1) is 12.4 Å². The van der Waals surface area contributed by atoms with E-state index in [1.165, 1.54) is 0 Å². The molecule has 1 aliphatic rings. The zero-order valence-corrected chi connectivity index (χ0v) is 17.7. The normalized spacial score (nSPS) is 16.8. The SMILES string of the molecule is CC(C)C(C)(CN)NC(=O)c1cccc(NC(=O)C2Cc3ccccc3O2)c1.Cl. The summed E-state index contributed by atoms with van der Waals surface area (Å²) in [6.07, 6.45) is -0.0397. The lowest BCUT2D eigenvalue weighted by Gasteiger charge is -2.33. The minimum absolute atomic E-state index is 0. The third-order valence-corrected chi connectivity index (χ3v) is 5.43. The predicted octanol–water partition coefficient (Wildman–Crippen LogP) is 3.15. The molecule has 3 rings (SSSR count). The topological polar surface area (TPSA) is 93.5 Å². The Kier molecular flexibility index (Phi) is 7.27. The van der Waals surface area contributed by atoms with Crippen molar-refractivity contribution in [1.82, 2.24) is 5.32 Å². The number of fused-ring (bicyclic) bond motifs is 1. The number of ether oxygens (including phenoxy) is 1. The first-order chi connectivity index (χ1) is 13.3. The third-order valence-electron chi connectivity index (χ3n) is 5.43. The summed E-state index contributed by atoms with van der Waals surface area (Å²) in [5.41, 5.74) is 7.39. The van der Waals surface area contributed by atoms with Crippen molar-refractivity contribution in [2.24, 2.45) is 11.7 Å². The molecule has 2 amide bonds. The van der Waals surface area contributed by atoms with Crippen molar-refractivity contribution in [3.63, 3.8) is 0 Å². The first-order valence-electron chi connectivity index (χ1n) is 9.50. The Labute approximate surface area is 177 Å². The zero-order chi connectivity index (χ0) is 20.3. The highest BCUT2D eigenvalue weighted by Crippen LogP contribution is 2.28. The highest BCUT2D eigenvalue weighted by atomic mass is 35.5. The molecule has 2 aromatic rings. The Morgan fingerprint density at radius 3 is 2.59 bits per heavy atom. The number of rotatable bonds is 6.